The van der Waals surface area contributed by atoms with Gasteiger partial charge in [0.2, 0.25) is 0 Å². The molecule has 0 radical (unpaired) electrons. The Kier molecular flexibility index (Phi) is 5.23. The number of nitrogens with one attached hydrogen (secondary N) is 1. The molecular formula is C21H24N2O5S. The summed E-state index contributed by atoms with van der Waals surface area (Å²) in [4.78, 5) is 13.6. The fourth-order valence-electron chi connectivity index (χ4n) is 3.69. The number of benzene rings is 2. The summed E-state index contributed by atoms with van der Waals surface area (Å²) in [5.74, 6) is -0.222. The summed E-state index contributed by atoms with van der Waals surface area (Å²) in [5, 5.41) is 10.6. The molecule has 154 valence electrons. The average molecular weight is 416 g/mol. The Morgan fingerprint density at radius 3 is 2.59 bits per heavy atom. The molecule has 1 unspecified atom stereocenters. The van der Waals surface area contributed by atoms with Crippen LogP contribution >= 0.6 is 0 Å². The Balaban J connectivity index is 1.57. The van der Waals surface area contributed by atoms with Crippen molar-refractivity contribution in [1.29, 1.82) is 0 Å². The van der Waals surface area contributed by atoms with Crippen LogP contribution in [0.2, 0.25) is 0 Å². The highest BCUT2D eigenvalue weighted by Gasteiger charge is 2.35. The van der Waals surface area contributed by atoms with Crippen molar-refractivity contribution < 1.29 is 23.1 Å². The molecule has 2 aromatic carbocycles. The van der Waals surface area contributed by atoms with E-state index in [1.54, 1.807) is 12.1 Å². The third kappa shape index (κ3) is 4.09. The minimum atomic E-state index is -3.81. The second-order valence-electron chi connectivity index (χ2n) is 7.51. The van der Waals surface area contributed by atoms with Crippen LogP contribution in [0.4, 0.5) is 11.4 Å². The lowest BCUT2D eigenvalue weighted by Gasteiger charge is -2.35. The number of aryl methyl sites for hydroxylation is 1. The van der Waals surface area contributed by atoms with Crippen LogP contribution in [0.5, 0.6) is 0 Å². The molecule has 1 fully saturated rings. The van der Waals surface area contributed by atoms with Crippen LogP contribution < -0.4 is 9.62 Å². The molecule has 1 atom stereocenters. The first-order valence-corrected chi connectivity index (χ1v) is 11.2. The maximum atomic E-state index is 12.8. The van der Waals surface area contributed by atoms with Crippen molar-refractivity contribution in [2.75, 3.05) is 23.3 Å². The van der Waals surface area contributed by atoms with Crippen LogP contribution in [0.25, 0.3) is 0 Å². The third-order valence-corrected chi connectivity index (χ3v) is 6.84. The maximum Gasteiger partial charge on any atom is 0.337 e. The molecule has 4 rings (SSSR count). The van der Waals surface area contributed by atoms with Gasteiger partial charge in [-0.15, -0.1) is 0 Å². The Labute approximate surface area is 170 Å². The predicted octanol–water partition coefficient (Wildman–Crippen LogP) is 2.76. The van der Waals surface area contributed by atoms with Gasteiger partial charge in [0.1, 0.15) is 6.23 Å². The van der Waals surface area contributed by atoms with E-state index >= 15 is 0 Å². The second kappa shape index (κ2) is 7.68. The lowest BCUT2D eigenvalue weighted by Crippen LogP contribution is -2.40. The highest BCUT2D eigenvalue weighted by Crippen LogP contribution is 2.39. The number of methoxy groups -OCH3 is 1. The number of carbonyl (C=O) groups is 1. The predicted molar refractivity (Wildman–Crippen MR) is 109 cm³/mol. The molecule has 0 bridgehead atoms. The molecule has 1 aliphatic heterocycles. The van der Waals surface area contributed by atoms with Gasteiger partial charge >= 0.3 is 5.97 Å². The van der Waals surface area contributed by atoms with Crippen LogP contribution in [0.3, 0.4) is 0 Å². The number of hydrogen-bond acceptors (Lipinski definition) is 6. The van der Waals surface area contributed by atoms with Gasteiger partial charge in [-0.25, -0.2) is 13.2 Å². The van der Waals surface area contributed by atoms with E-state index in [1.807, 2.05) is 11.0 Å². The highest BCUT2D eigenvalue weighted by molar-refractivity contribution is 7.92. The summed E-state index contributed by atoms with van der Waals surface area (Å²) in [6.45, 7) is 0.760. The molecule has 1 saturated carbocycles. The van der Waals surface area contributed by atoms with E-state index in [9.17, 15) is 18.3 Å². The lowest BCUT2D eigenvalue weighted by atomic mass is 10.0. The molecule has 2 N–H and O–H groups in total. The Bertz CT molecular complexity index is 1020. The molecule has 8 heteroatoms. The highest BCUT2D eigenvalue weighted by atomic mass is 32.2. The van der Waals surface area contributed by atoms with Gasteiger partial charge in [0, 0.05) is 18.2 Å². The van der Waals surface area contributed by atoms with E-state index in [4.69, 9.17) is 0 Å². The van der Waals surface area contributed by atoms with Gasteiger partial charge < -0.3 is 14.7 Å². The number of aliphatic hydroxyl groups excluding tert-OH is 1. The summed E-state index contributed by atoms with van der Waals surface area (Å²) >= 11 is 0. The summed E-state index contributed by atoms with van der Waals surface area (Å²) in [6, 6.07) is 11.0. The molecule has 0 amide bonds. The van der Waals surface area contributed by atoms with Gasteiger partial charge in [-0.05, 0) is 67.6 Å². The van der Waals surface area contributed by atoms with E-state index in [0.717, 1.165) is 43.5 Å². The number of hydrogen-bond donors (Lipinski definition) is 2. The monoisotopic (exact) mass is 416 g/mol. The van der Waals surface area contributed by atoms with E-state index in [2.05, 4.69) is 9.46 Å². The topological polar surface area (TPSA) is 95.9 Å². The first-order valence-electron chi connectivity index (χ1n) is 9.68. The summed E-state index contributed by atoms with van der Waals surface area (Å²) in [6.07, 6.45) is 3.41. The zero-order valence-corrected chi connectivity index (χ0v) is 17.0. The standard InChI is InChI=1S/C21H24N2O5S/c1-28-21(25)16-7-10-18(11-8-16)29(26,27)22-17-9-6-14-3-2-12-23(19(14)13-17)20(24)15-4-5-15/h6-11,13,15,20,22,24H,2-5,12H2,1H3. The van der Waals surface area contributed by atoms with Crippen LogP contribution in [-0.2, 0) is 21.2 Å². The molecule has 7 nitrogen and oxygen atoms in total. The molecule has 1 aliphatic carbocycles. The summed E-state index contributed by atoms with van der Waals surface area (Å²) in [7, 11) is -2.54. The largest absolute Gasteiger partial charge is 0.465 e. The van der Waals surface area contributed by atoms with E-state index in [0.29, 0.717) is 11.6 Å². The molecule has 0 spiro atoms. The fourth-order valence-corrected chi connectivity index (χ4v) is 4.74. The minimum Gasteiger partial charge on any atom is -0.465 e. The number of rotatable bonds is 6. The Morgan fingerprint density at radius 1 is 1.21 bits per heavy atom. The average Bonchev–Trinajstić information content (AvgIpc) is 3.57. The fraction of sp³-hybridized carbons (Fsp3) is 0.381. The number of ether oxygens (including phenoxy) is 1. The van der Waals surface area contributed by atoms with Gasteiger partial charge in [-0.1, -0.05) is 6.07 Å². The van der Waals surface area contributed by atoms with Crippen molar-refractivity contribution >= 4 is 27.4 Å². The summed E-state index contributed by atoms with van der Waals surface area (Å²) < 4.78 is 32.8. The number of nitrogens with zero attached hydrogens (tertiary/aromatic N) is 1. The SMILES string of the molecule is COC(=O)c1ccc(S(=O)(=O)Nc2ccc3c(c2)N(C(O)C2CC2)CCC3)cc1. The number of fused-ring (bicyclic) bond motifs is 1. The number of carbonyl (C=O) groups excluding carboxylic acids is 1. The zero-order chi connectivity index (χ0) is 20.6. The summed E-state index contributed by atoms with van der Waals surface area (Å²) in [5.41, 5.74) is 2.72. The third-order valence-electron chi connectivity index (χ3n) is 5.44. The van der Waals surface area contributed by atoms with Crippen LogP contribution in [0, 0.1) is 5.92 Å². The number of sulfonamides is 1. The molecule has 29 heavy (non-hydrogen) atoms. The number of aliphatic hydroxyl groups is 1. The van der Waals surface area contributed by atoms with E-state index in [1.165, 1.54) is 31.4 Å². The minimum absolute atomic E-state index is 0.0535. The van der Waals surface area contributed by atoms with Crippen molar-refractivity contribution in [1.82, 2.24) is 0 Å². The smallest absolute Gasteiger partial charge is 0.337 e. The van der Waals surface area contributed by atoms with E-state index < -0.39 is 22.2 Å². The van der Waals surface area contributed by atoms with Crippen LogP contribution in [0.1, 0.15) is 35.2 Å². The Hall–Kier alpha value is -2.58. The normalized spacial score (nSPS) is 17.4. The first kappa shape index (κ1) is 19.7. The van der Waals surface area contributed by atoms with Gasteiger partial charge in [-0.2, -0.15) is 0 Å². The Morgan fingerprint density at radius 2 is 1.93 bits per heavy atom. The van der Waals surface area contributed by atoms with Crippen LogP contribution in [0.15, 0.2) is 47.4 Å². The molecule has 0 aromatic heterocycles. The molecule has 0 saturated heterocycles. The van der Waals surface area contributed by atoms with E-state index in [-0.39, 0.29) is 10.5 Å². The van der Waals surface area contributed by atoms with Crippen molar-refractivity contribution in [2.24, 2.45) is 5.92 Å². The number of esters is 1. The molecular weight excluding hydrogens is 392 g/mol. The van der Waals surface area contributed by atoms with Crippen molar-refractivity contribution in [2.45, 2.75) is 36.8 Å². The maximum absolute atomic E-state index is 12.8. The quantitative estimate of drug-likeness (QED) is 0.703. The van der Waals surface area contributed by atoms with Crippen LogP contribution in [-0.4, -0.2) is 39.4 Å². The van der Waals surface area contributed by atoms with Crippen molar-refractivity contribution in [3.63, 3.8) is 0 Å². The zero-order valence-electron chi connectivity index (χ0n) is 16.2. The molecule has 2 aliphatic rings. The molecule has 2 aromatic rings. The van der Waals surface area contributed by atoms with Gasteiger partial charge in [-0.3, -0.25) is 4.72 Å². The first-order chi connectivity index (χ1) is 13.9. The van der Waals surface area contributed by atoms with Gasteiger partial charge in [0.05, 0.1) is 23.3 Å². The number of anilines is 2. The molecule has 1 heterocycles. The van der Waals surface area contributed by atoms with Crippen molar-refractivity contribution in [3.05, 3.63) is 53.6 Å². The van der Waals surface area contributed by atoms with Gasteiger partial charge in [0.15, 0.2) is 0 Å². The van der Waals surface area contributed by atoms with Crippen molar-refractivity contribution in [3.8, 4) is 0 Å². The van der Waals surface area contributed by atoms with Gasteiger partial charge in [0.25, 0.3) is 10.0 Å². The lowest BCUT2D eigenvalue weighted by molar-refractivity contribution is 0.0600. The second-order valence-corrected chi connectivity index (χ2v) is 9.20.